The van der Waals surface area contributed by atoms with Crippen molar-refractivity contribution in [3.05, 3.63) is 89.8 Å². The minimum atomic E-state index is -0.120. The predicted octanol–water partition coefficient (Wildman–Crippen LogP) is 3.89. The molecule has 2 aromatic rings. The highest BCUT2D eigenvalue weighted by molar-refractivity contribution is 6.21. The molecular weight excluding hydrogens is 312 g/mol. The largest absolute Gasteiger partial charge is 0.497 e. The Hall–Kier alpha value is -3.40. The van der Waals surface area contributed by atoms with Crippen molar-refractivity contribution in [1.29, 1.82) is 0 Å². The lowest BCUT2D eigenvalue weighted by molar-refractivity contribution is -0.120. The number of benzene rings is 2. The van der Waals surface area contributed by atoms with Gasteiger partial charge < -0.3 is 4.74 Å². The Kier molecular flexibility index (Phi) is 3.78. The Labute approximate surface area is 146 Å². The number of aliphatic imine (C=N–C) groups is 1. The molecule has 0 N–H and O–H groups in total. The fourth-order valence-corrected chi connectivity index (χ4v) is 2.80. The van der Waals surface area contributed by atoms with Crippen LogP contribution in [-0.2, 0) is 4.79 Å². The van der Waals surface area contributed by atoms with E-state index in [1.54, 1.807) is 24.3 Å². The first kappa shape index (κ1) is 15.1. The Morgan fingerprint density at radius 3 is 2.52 bits per heavy atom. The molecule has 4 rings (SSSR count). The highest BCUT2D eigenvalue weighted by Gasteiger charge is 2.29. The summed E-state index contributed by atoms with van der Waals surface area (Å²) in [5.41, 5.74) is 3.47. The van der Waals surface area contributed by atoms with E-state index in [1.165, 1.54) is 0 Å². The Morgan fingerprint density at radius 2 is 1.80 bits per heavy atom. The van der Waals surface area contributed by atoms with Crippen LogP contribution in [0.4, 0.5) is 0 Å². The van der Waals surface area contributed by atoms with Crippen LogP contribution >= 0.6 is 0 Å². The van der Waals surface area contributed by atoms with Crippen molar-refractivity contribution in [2.75, 3.05) is 7.11 Å². The van der Waals surface area contributed by atoms with Gasteiger partial charge in [0.25, 0.3) is 5.91 Å². The lowest BCUT2D eigenvalue weighted by atomic mass is 10.0. The van der Waals surface area contributed by atoms with Crippen LogP contribution in [0.15, 0.2) is 83.6 Å². The molecule has 0 saturated carbocycles. The van der Waals surface area contributed by atoms with Crippen molar-refractivity contribution in [2.45, 2.75) is 0 Å². The first-order valence-corrected chi connectivity index (χ1v) is 7.98. The fraction of sp³-hybridized carbons (Fsp3) is 0.0476. The molecule has 1 amide bonds. The molecule has 2 aromatic carbocycles. The standard InChI is InChI=1S/C21H16N2O2/c1-25-18-9-7-15(8-10-18)13-19-21(24)23-12-11-17(14-20(23)22-19)16-5-3-2-4-6-16/h2-14H,1H3/b19-13-. The van der Waals surface area contributed by atoms with Gasteiger partial charge in [-0.2, -0.15) is 0 Å². The van der Waals surface area contributed by atoms with E-state index in [4.69, 9.17) is 4.74 Å². The molecule has 0 fully saturated rings. The molecule has 4 heteroatoms. The third-order valence-electron chi connectivity index (χ3n) is 4.13. The summed E-state index contributed by atoms with van der Waals surface area (Å²) in [5.74, 6) is 1.30. The summed E-state index contributed by atoms with van der Waals surface area (Å²) in [7, 11) is 1.63. The molecule has 2 aliphatic heterocycles. The van der Waals surface area contributed by atoms with Gasteiger partial charge in [-0.3, -0.25) is 9.69 Å². The molecule has 2 heterocycles. The molecule has 2 aliphatic rings. The number of carbonyl (C=O) groups is 1. The Morgan fingerprint density at radius 1 is 1.04 bits per heavy atom. The van der Waals surface area contributed by atoms with Crippen molar-refractivity contribution in [3.63, 3.8) is 0 Å². The molecule has 0 radical (unpaired) electrons. The van der Waals surface area contributed by atoms with Crippen molar-refractivity contribution < 1.29 is 9.53 Å². The second-order valence-corrected chi connectivity index (χ2v) is 5.73. The summed E-state index contributed by atoms with van der Waals surface area (Å²) in [5, 5.41) is 0. The van der Waals surface area contributed by atoms with Gasteiger partial charge in [-0.25, -0.2) is 4.99 Å². The van der Waals surface area contributed by atoms with Gasteiger partial charge in [0.05, 0.1) is 7.11 Å². The quantitative estimate of drug-likeness (QED) is 0.802. The number of amidine groups is 1. The molecule has 0 atom stereocenters. The van der Waals surface area contributed by atoms with Crippen LogP contribution in [0.3, 0.4) is 0 Å². The average Bonchev–Trinajstić information content (AvgIpc) is 2.98. The van der Waals surface area contributed by atoms with Crippen LogP contribution in [0.1, 0.15) is 11.1 Å². The molecule has 0 spiro atoms. The molecule has 25 heavy (non-hydrogen) atoms. The minimum Gasteiger partial charge on any atom is -0.497 e. The van der Waals surface area contributed by atoms with Gasteiger partial charge in [-0.15, -0.1) is 0 Å². The van der Waals surface area contributed by atoms with Crippen LogP contribution in [0.5, 0.6) is 5.75 Å². The number of hydrogen-bond acceptors (Lipinski definition) is 3. The van der Waals surface area contributed by atoms with Gasteiger partial charge in [0.1, 0.15) is 17.3 Å². The molecule has 122 valence electrons. The second-order valence-electron chi connectivity index (χ2n) is 5.73. The first-order chi connectivity index (χ1) is 12.2. The fourth-order valence-electron chi connectivity index (χ4n) is 2.80. The summed E-state index contributed by atoms with van der Waals surface area (Å²) in [6, 6.07) is 17.6. The third-order valence-corrected chi connectivity index (χ3v) is 4.13. The van der Waals surface area contributed by atoms with Gasteiger partial charge >= 0.3 is 0 Å². The van der Waals surface area contributed by atoms with Gasteiger partial charge in [-0.1, -0.05) is 42.5 Å². The van der Waals surface area contributed by atoms with Crippen LogP contribution in [0.2, 0.25) is 0 Å². The van der Waals surface area contributed by atoms with E-state index in [0.29, 0.717) is 11.5 Å². The van der Waals surface area contributed by atoms with Crippen LogP contribution in [0, 0.1) is 0 Å². The van der Waals surface area contributed by atoms with E-state index in [1.807, 2.05) is 66.7 Å². The van der Waals surface area contributed by atoms with E-state index in [9.17, 15) is 4.79 Å². The first-order valence-electron chi connectivity index (χ1n) is 7.98. The van der Waals surface area contributed by atoms with E-state index >= 15 is 0 Å². The summed E-state index contributed by atoms with van der Waals surface area (Å²) >= 11 is 0. The maximum atomic E-state index is 12.5. The normalized spacial score (nSPS) is 17.4. The van der Waals surface area contributed by atoms with E-state index in [2.05, 4.69) is 4.99 Å². The minimum absolute atomic E-state index is 0.120. The van der Waals surface area contributed by atoms with Crippen molar-refractivity contribution in [2.24, 2.45) is 4.99 Å². The van der Waals surface area contributed by atoms with E-state index < -0.39 is 0 Å². The van der Waals surface area contributed by atoms with Gasteiger partial charge in [0, 0.05) is 6.20 Å². The van der Waals surface area contributed by atoms with Crippen molar-refractivity contribution in [3.8, 4) is 5.75 Å². The summed E-state index contributed by atoms with van der Waals surface area (Å²) in [4.78, 5) is 18.6. The van der Waals surface area contributed by atoms with E-state index in [0.717, 1.165) is 22.4 Å². The van der Waals surface area contributed by atoms with Crippen LogP contribution in [0.25, 0.3) is 11.6 Å². The molecule has 0 bridgehead atoms. The van der Waals surface area contributed by atoms with Crippen molar-refractivity contribution in [1.82, 2.24) is 4.90 Å². The number of nitrogens with zero attached hydrogens (tertiary/aromatic N) is 2. The second kappa shape index (κ2) is 6.24. The average molecular weight is 328 g/mol. The Bertz CT molecular complexity index is 936. The third kappa shape index (κ3) is 2.90. The molecular formula is C21H16N2O2. The molecule has 0 unspecified atom stereocenters. The number of hydrogen-bond donors (Lipinski definition) is 0. The van der Waals surface area contributed by atoms with Crippen molar-refractivity contribution >= 4 is 23.4 Å². The smallest absolute Gasteiger partial charge is 0.282 e. The molecule has 0 saturated heterocycles. The maximum absolute atomic E-state index is 12.5. The Balaban J connectivity index is 1.66. The zero-order valence-electron chi connectivity index (χ0n) is 13.7. The highest BCUT2D eigenvalue weighted by Crippen LogP contribution is 2.27. The predicted molar refractivity (Wildman–Crippen MR) is 98.8 cm³/mol. The number of allylic oxidation sites excluding steroid dienone is 2. The zero-order valence-corrected chi connectivity index (χ0v) is 13.7. The number of ether oxygens (including phenoxy) is 1. The SMILES string of the molecule is COc1ccc(/C=C2\N=C3C=C(c4ccccc4)C=CN3C2=O)cc1. The lowest BCUT2D eigenvalue weighted by Gasteiger charge is -2.16. The monoisotopic (exact) mass is 328 g/mol. The van der Waals surface area contributed by atoms with Crippen LogP contribution in [-0.4, -0.2) is 23.8 Å². The number of fused-ring (bicyclic) bond motifs is 1. The maximum Gasteiger partial charge on any atom is 0.282 e. The summed E-state index contributed by atoms with van der Waals surface area (Å²) in [6.07, 6.45) is 7.43. The van der Waals surface area contributed by atoms with Gasteiger partial charge in [0.15, 0.2) is 0 Å². The van der Waals surface area contributed by atoms with Gasteiger partial charge in [0.2, 0.25) is 0 Å². The summed E-state index contributed by atoms with van der Waals surface area (Å²) in [6.45, 7) is 0. The van der Waals surface area contributed by atoms with E-state index in [-0.39, 0.29) is 5.91 Å². The van der Waals surface area contributed by atoms with Gasteiger partial charge in [-0.05, 0) is 47.1 Å². The lowest BCUT2D eigenvalue weighted by Crippen LogP contribution is -2.27. The number of rotatable bonds is 3. The molecule has 0 aromatic heterocycles. The highest BCUT2D eigenvalue weighted by atomic mass is 16.5. The topological polar surface area (TPSA) is 41.9 Å². The van der Waals surface area contributed by atoms with Crippen LogP contribution < -0.4 is 4.74 Å². The summed E-state index contributed by atoms with van der Waals surface area (Å²) < 4.78 is 5.15. The molecule has 4 nitrogen and oxygen atoms in total. The number of amides is 1. The zero-order chi connectivity index (χ0) is 17.2. The number of carbonyl (C=O) groups excluding carboxylic acids is 1. The number of methoxy groups -OCH3 is 1. The molecule has 0 aliphatic carbocycles.